The molecule has 0 aliphatic rings. The minimum absolute atomic E-state index is 0.0968. The van der Waals surface area contributed by atoms with Gasteiger partial charge in [0.2, 0.25) is 5.91 Å². The summed E-state index contributed by atoms with van der Waals surface area (Å²) >= 11 is 1.67. The second-order valence-electron chi connectivity index (χ2n) is 4.51. The topological polar surface area (TPSA) is 87.7 Å². The summed E-state index contributed by atoms with van der Waals surface area (Å²) in [5.74, 6) is -0.357. The van der Waals surface area contributed by atoms with E-state index in [1.807, 2.05) is 6.07 Å². The molecule has 0 unspecified atom stereocenters. The highest BCUT2D eigenvalue weighted by Crippen LogP contribution is 2.18. The highest BCUT2D eigenvalue weighted by atomic mass is 32.1. The number of amides is 1. The Morgan fingerprint density at radius 2 is 2.11 bits per heavy atom. The summed E-state index contributed by atoms with van der Waals surface area (Å²) in [6, 6.07) is 4.06. The number of carbonyl (C=O) groups excluding carboxylic acids is 1. The number of aryl methyl sites for hydroxylation is 1. The van der Waals surface area contributed by atoms with Crippen molar-refractivity contribution in [2.45, 2.75) is 33.7 Å². The van der Waals surface area contributed by atoms with Crippen molar-refractivity contribution in [2.24, 2.45) is 16.3 Å². The van der Waals surface area contributed by atoms with E-state index in [9.17, 15) is 4.79 Å². The van der Waals surface area contributed by atoms with Crippen LogP contribution in [0.5, 0.6) is 0 Å². The molecule has 0 fully saturated rings. The highest BCUT2D eigenvalue weighted by Gasteiger charge is 2.32. The zero-order valence-electron chi connectivity index (χ0n) is 10.9. The molecule has 0 bridgehead atoms. The van der Waals surface area contributed by atoms with Crippen molar-refractivity contribution in [3.8, 4) is 0 Å². The molecule has 1 rings (SSSR count). The van der Waals surface area contributed by atoms with Crippen LogP contribution in [0.3, 0.4) is 0 Å². The van der Waals surface area contributed by atoms with E-state index < -0.39 is 5.41 Å². The van der Waals surface area contributed by atoms with Crippen LogP contribution < -0.4 is 11.1 Å². The van der Waals surface area contributed by atoms with Gasteiger partial charge < -0.3 is 16.3 Å². The molecule has 5 nitrogen and oxygen atoms in total. The Balaban J connectivity index is 2.61. The third-order valence-corrected chi connectivity index (χ3v) is 4.03. The third-order valence-electron chi connectivity index (χ3n) is 2.80. The normalized spacial score (nSPS) is 12.5. The van der Waals surface area contributed by atoms with E-state index in [2.05, 4.69) is 23.5 Å². The van der Waals surface area contributed by atoms with E-state index in [1.54, 1.807) is 25.2 Å². The molecule has 0 aliphatic carbocycles. The summed E-state index contributed by atoms with van der Waals surface area (Å²) in [6.45, 7) is 5.79. The van der Waals surface area contributed by atoms with Gasteiger partial charge in [0.25, 0.3) is 0 Å². The zero-order chi connectivity index (χ0) is 13.8. The van der Waals surface area contributed by atoms with Crippen molar-refractivity contribution in [2.75, 3.05) is 0 Å². The molecule has 0 atom stereocenters. The Hall–Kier alpha value is -1.56. The Bertz CT molecular complexity index is 452. The lowest BCUT2D eigenvalue weighted by molar-refractivity contribution is -0.126. The summed E-state index contributed by atoms with van der Waals surface area (Å²) < 4.78 is 0. The van der Waals surface area contributed by atoms with Gasteiger partial charge in [-0.25, -0.2) is 0 Å². The highest BCUT2D eigenvalue weighted by molar-refractivity contribution is 7.11. The first-order valence-corrected chi connectivity index (χ1v) is 6.57. The van der Waals surface area contributed by atoms with Crippen LogP contribution in [0.1, 0.15) is 30.5 Å². The van der Waals surface area contributed by atoms with Gasteiger partial charge in [-0.15, -0.1) is 11.3 Å². The number of nitrogens with two attached hydrogens (primary N) is 1. The number of thiophene rings is 1. The molecule has 4 N–H and O–H groups in total. The van der Waals surface area contributed by atoms with Crippen LogP contribution in [0, 0.1) is 5.41 Å². The maximum absolute atomic E-state index is 11.9. The number of hydrogen-bond donors (Lipinski definition) is 3. The van der Waals surface area contributed by atoms with Crippen LogP contribution in [-0.2, 0) is 17.8 Å². The smallest absolute Gasteiger partial charge is 0.233 e. The lowest BCUT2D eigenvalue weighted by Gasteiger charge is -2.21. The van der Waals surface area contributed by atoms with Crippen LogP contribution in [0.4, 0.5) is 0 Å². The Morgan fingerprint density at radius 1 is 1.50 bits per heavy atom. The molecule has 1 heterocycles. The van der Waals surface area contributed by atoms with Gasteiger partial charge in [0.1, 0.15) is 5.41 Å². The first kappa shape index (κ1) is 14.5. The summed E-state index contributed by atoms with van der Waals surface area (Å²) in [7, 11) is 0. The van der Waals surface area contributed by atoms with Crippen molar-refractivity contribution in [1.29, 1.82) is 0 Å². The number of amidine groups is 1. The van der Waals surface area contributed by atoms with Gasteiger partial charge in [-0.05, 0) is 32.4 Å². The molecule has 6 heteroatoms. The lowest BCUT2D eigenvalue weighted by atomic mass is 9.91. The molecule has 0 aromatic carbocycles. The number of rotatable bonds is 5. The van der Waals surface area contributed by atoms with Gasteiger partial charge in [0.05, 0.1) is 6.54 Å². The predicted octanol–water partition coefficient (Wildman–Crippen LogP) is 1.70. The van der Waals surface area contributed by atoms with Crippen LogP contribution in [0.2, 0.25) is 0 Å². The van der Waals surface area contributed by atoms with E-state index >= 15 is 0 Å². The van der Waals surface area contributed by atoms with Crippen LogP contribution in [0.25, 0.3) is 0 Å². The number of carbonyl (C=O) groups is 1. The van der Waals surface area contributed by atoms with Crippen molar-refractivity contribution in [1.82, 2.24) is 5.32 Å². The first-order valence-electron chi connectivity index (χ1n) is 5.75. The van der Waals surface area contributed by atoms with Crippen molar-refractivity contribution in [3.05, 3.63) is 21.9 Å². The fraction of sp³-hybridized carbons (Fsp3) is 0.500. The number of nitrogens with one attached hydrogen (secondary N) is 1. The van der Waals surface area contributed by atoms with E-state index in [0.717, 1.165) is 11.3 Å². The second-order valence-corrected chi connectivity index (χ2v) is 5.77. The Kier molecular flexibility index (Phi) is 4.72. The van der Waals surface area contributed by atoms with Crippen molar-refractivity contribution in [3.63, 3.8) is 0 Å². The zero-order valence-corrected chi connectivity index (χ0v) is 11.7. The standard InChI is InChI=1S/C12H19N3O2S/c1-4-8-5-6-9(18-8)7-14-11(16)12(2,3)10(13)15-17/h5-6,17H,4,7H2,1-3H3,(H2,13,15)(H,14,16). The summed E-state index contributed by atoms with van der Waals surface area (Å²) in [5, 5.41) is 14.3. The molecular formula is C12H19N3O2S. The summed E-state index contributed by atoms with van der Waals surface area (Å²) in [6.07, 6.45) is 0.994. The summed E-state index contributed by atoms with van der Waals surface area (Å²) in [5.41, 5.74) is 4.47. The minimum Gasteiger partial charge on any atom is -0.409 e. The number of nitrogens with zero attached hydrogens (tertiary/aromatic N) is 1. The van der Waals surface area contributed by atoms with E-state index in [0.29, 0.717) is 6.54 Å². The van der Waals surface area contributed by atoms with Gasteiger partial charge in [-0.1, -0.05) is 12.1 Å². The van der Waals surface area contributed by atoms with Crippen LogP contribution in [0.15, 0.2) is 17.3 Å². The predicted molar refractivity (Wildman–Crippen MR) is 72.7 cm³/mol. The maximum Gasteiger partial charge on any atom is 0.233 e. The average Bonchev–Trinajstić information content (AvgIpc) is 2.82. The van der Waals surface area contributed by atoms with Crippen molar-refractivity contribution >= 4 is 23.1 Å². The van der Waals surface area contributed by atoms with Gasteiger partial charge in [0, 0.05) is 9.75 Å². The molecule has 0 spiro atoms. The molecule has 18 heavy (non-hydrogen) atoms. The molecule has 1 aromatic rings. The van der Waals surface area contributed by atoms with Crippen LogP contribution in [-0.4, -0.2) is 17.0 Å². The van der Waals surface area contributed by atoms with Gasteiger partial charge in [-0.2, -0.15) is 0 Å². The quantitative estimate of drug-likeness (QED) is 0.329. The summed E-state index contributed by atoms with van der Waals surface area (Å²) in [4.78, 5) is 14.3. The number of oxime groups is 1. The third kappa shape index (κ3) is 3.22. The fourth-order valence-corrected chi connectivity index (χ4v) is 2.23. The minimum atomic E-state index is -1.01. The van der Waals surface area contributed by atoms with Crippen LogP contribution >= 0.6 is 11.3 Å². The molecule has 0 saturated heterocycles. The molecule has 1 amide bonds. The average molecular weight is 269 g/mol. The van der Waals surface area contributed by atoms with Gasteiger partial charge in [0.15, 0.2) is 5.84 Å². The monoisotopic (exact) mass is 269 g/mol. The van der Waals surface area contributed by atoms with E-state index in [1.165, 1.54) is 4.88 Å². The largest absolute Gasteiger partial charge is 0.409 e. The molecular weight excluding hydrogens is 250 g/mol. The Morgan fingerprint density at radius 3 is 2.61 bits per heavy atom. The number of hydrogen-bond acceptors (Lipinski definition) is 4. The molecule has 100 valence electrons. The maximum atomic E-state index is 11.9. The molecule has 1 aromatic heterocycles. The molecule has 0 aliphatic heterocycles. The van der Waals surface area contributed by atoms with E-state index in [4.69, 9.17) is 10.9 Å². The molecule has 0 radical (unpaired) electrons. The SMILES string of the molecule is CCc1ccc(CNC(=O)C(C)(C)/C(N)=N/O)s1. The molecule has 0 saturated carbocycles. The second kappa shape index (κ2) is 5.86. The lowest BCUT2D eigenvalue weighted by Crippen LogP contribution is -2.45. The van der Waals surface area contributed by atoms with Crippen molar-refractivity contribution < 1.29 is 10.0 Å². The fourth-order valence-electron chi connectivity index (χ4n) is 1.34. The van der Waals surface area contributed by atoms with Gasteiger partial charge in [-0.3, -0.25) is 4.79 Å². The Labute approximate surface area is 111 Å². The van der Waals surface area contributed by atoms with E-state index in [-0.39, 0.29) is 11.7 Å². The first-order chi connectivity index (χ1) is 8.41. The van der Waals surface area contributed by atoms with Gasteiger partial charge >= 0.3 is 0 Å².